The van der Waals surface area contributed by atoms with Crippen LogP contribution in [0.25, 0.3) is 0 Å². The van der Waals surface area contributed by atoms with Crippen molar-refractivity contribution in [2.24, 2.45) is 0 Å². The van der Waals surface area contributed by atoms with Crippen LogP contribution in [-0.4, -0.2) is 11.0 Å². The van der Waals surface area contributed by atoms with Gasteiger partial charge in [0.25, 0.3) is 0 Å². The van der Waals surface area contributed by atoms with E-state index in [1.54, 1.807) is 0 Å². The molecule has 26 valence electrons. The van der Waals surface area contributed by atoms with Crippen LogP contribution in [0, 0.1) is 0 Å². The quantitative estimate of drug-likeness (QED) is 0.412. The first-order valence-corrected chi connectivity index (χ1v) is 0. The van der Waals surface area contributed by atoms with Gasteiger partial charge in [-0.1, -0.05) is 7.43 Å². The van der Waals surface area contributed by atoms with Gasteiger partial charge in [0.05, 0.1) is 0 Å². The molecule has 0 aromatic rings. The molecule has 2 nitrogen and oxygen atoms in total. The summed E-state index contributed by atoms with van der Waals surface area (Å²) in [6.07, 6.45) is 0. The first-order valence-electron chi connectivity index (χ1n) is 0. The molecule has 4 heavy (non-hydrogen) atoms. The first-order chi connectivity index (χ1) is 0. The summed E-state index contributed by atoms with van der Waals surface area (Å²) in [5, 5.41) is 0. The van der Waals surface area contributed by atoms with Crippen LogP contribution in [0.3, 0.4) is 0 Å². The second kappa shape index (κ2) is 43.8. The van der Waals surface area contributed by atoms with E-state index in [0.717, 1.165) is 0 Å². The molecule has 0 aromatic carbocycles. The molecule has 0 radical (unpaired) electrons. The minimum atomic E-state index is 0. The van der Waals surface area contributed by atoms with Crippen LogP contribution < -0.4 is 0 Å². The molecule has 3 heteroatoms. The Bertz CT molecular complexity index is 6.00. The van der Waals surface area contributed by atoms with Gasteiger partial charge in [0.15, 0.2) is 0 Å². The Morgan fingerprint density at radius 3 is 0.750 bits per heavy atom. The molecular formula is CH8CdO2. The van der Waals surface area contributed by atoms with E-state index in [2.05, 4.69) is 0 Å². The Labute approximate surface area is 46.0 Å². The van der Waals surface area contributed by atoms with Gasteiger partial charge in [0, 0.05) is 27.3 Å². The molecule has 0 atom stereocenters. The fraction of sp³-hybridized carbons (Fsp3) is 1.00. The third-order valence-corrected chi connectivity index (χ3v) is 0. The summed E-state index contributed by atoms with van der Waals surface area (Å²) in [6.45, 7) is 0. The van der Waals surface area contributed by atoms with Crippen molar-refractivity contribution in [3.63, 3.8) is 0 Å². The first kappa shape index (κ1) is 101. The Balaban J connectivity index is 0. The van der Waals surface area contributed by atoms with Crippen molar-refractivity contribution in [2.45, 2.75) is 7.43 Å². The average Bonchev–Trinajstić information content (AvgIpc) is 0. The summed E-state index contributed by atoms with van der Waals surface area (Å²) in [6, 6.07) is 0. The van der Waals surface area contributed by atoms with Gasteiger partial charge < -0.3 is 11.0 Å². The zero-order chi connectivity index (χ0) is 0. The van der Waals surface area contributed by atoms with Gasteiger partial charge in [-0.3, -0.25) is 0 Å². The second-order valence-corrected chi connectivity index (χ2v) is 0. The van der Waals surface area contributed by atoms with E-state index in [0.29, 0.717) is 0 Å². The SMILES string of the molecule is C.O.O.[Cd]. The molecule has 4 N–H and O–H groups in total. The summed E-state index contributed by atoms with van der Waals surface area (Å²) < 4.78 is 0. The topological polar surface area (TPSA) is 63.0 Å². The molecule has 0 spiro atoms. The molecule has 0 aliphatic carbocycles. The van der Waals surface area contributed by atoms with E-state index in [-0.39, 0.29) is 45.7 Å². The molecule has 0 bridgehead atoms. The van der Waals surface area contributed by atoms with Crippen molar-refractivity contribution >= 4 is 0 Å². The smallest absolute Gasteiger partial charge is 0 e. The summed E-state index contributed by atoms with van der Waals surface area (Å²) in [4.78, 5) is 0. The van der Waals surface area contributed by atoms with Gasteiger partial charge in [-0.15, -0.1) is 0 Å². The van der Waals surface area contributed by atoms with Crippen LogP contribution in [-0.2, 0) is 27.3 Å². The van der Waals surface area contributed by atoms with Crippen LogP contribution in [0.4, 0.5) is 0 Å². The van der Waals surface area contributed by atoms with E-state index < -0.39 is 0 Å². The monoisotopic (exact) mass is 166 g/mol. The standard InChI is InChI=1S/CH4.Cd.2H2O/h1H4;;2*1H2. The molecule has 0 aromatic heterocycles. The Hall–Kier alpha value is 0.842. The number of hydrogen-bond donors (Lipinski definition) is 0. The number of rotatable bonds is 0. The van der Waals surface area contributed by atoms with Crippen molar-refractivity contribution < 1.29 is 38.3 Å². The predicted octanol–water partition coefficient (Wildman–Crippen LogP) is -1.02. The van der Waals surface area contributed by atoms with Crippen LogP contribution in [0.15, 0.2) is 0 Å². The van der Waals surface area contributed by atoms with Crippen molar-refractivity contribution in [1.82, 2.24) is 0 Å². The van der Waals surface area contributed by atoms with Crippen molar-refractivity contribution in [3.05, 3.63) is 0 Å². The second-order valence-electron chi connectivity index (χ2n) is 0. The summed E-state index contributed by atoms with van der Waals surface area (Å²) >= 11 is 0. The molecule has 0 aliphatic rings. The van der Waals surface area contributed by atoms with Crippen LogP contribution in [0.1, 0.15) is 7.43 Å². The minimum Gasteiger partial charge on any atom is -0.412 e. The van der Waals surface area contributed by atoms with Gasteiger partial charge in [0.2, 0.25) is 0 Å². The van der Waals surface area contributed by atoms with Gasteiger partial charge >= 0.3 is 0 Å². The van der Waals surface area contributed by atoms with Gasteiger partial charge in [0.1, 0.15) is 0 Å². The molecule has 0 aliphatic heterocycles. The average molecular weight is 164 g/mol. The Kier molecular flexibility index (Phi) is 1100. The van der Waals surface area contributed by atoms with E-state index in [4.69, 9.17) is 0 Å². The molecule has 0 saturated carbocycles. The van der Waals surface area contributed by atoms with Crippen LogP contribution >= 0.6 is 0 Å². The molecule has 0 saturated heterocycles. The molecule has 0 rings (SSSR count). The summed E-state index contributed by atoms with van der Waals surface area (Å²) in [7, 11) is 0. The summed E-state index contributed by atoms with van der Waals surface area (Å²) in [5.74, 6) is 0. The van der Waals surface area contributed by atoms with Crippen molar-refractivity contribution in [2.75, 3.05) is 0 Å². The fourth-order valence-corrected chi connectivity index (χ4v) is 0. The Morgan fingerprint density at radius 2 is 0.750 bits per heavy atom. The van der Waals surface area contributed by atoms with Crippen LogP contribution in [0.2, 0.25) is 0 Å². The number of hydrogen-bond acceptors (Lipinski definition) is 0. The zero-order valence-electron chi connectivity index (χ0n) is 1.71. The normalized spacial score (nSPS) is 0. The maximum absolute atomic E-state index is 0. The van der Waals surface area contributed by atoms with E-state index in [1.807, 2.05) is 0 Å². The van der Waals surface area contributed by atoms with E-state index in [1.165, 1.54) is 0 Å². The minimum absolute atomic E-state index is 0. The molecular weight excluding hydrogens is 156 g/mol. The molecule has 0 fully saturated rings. The van der Waals surface area contributed by atoms with Crippen LogP contribution in [0.5, 0.6) is 0 Å². The molecule has 0 unspecified atom stereocenters. The van der Waals surface area contributed by atoms with Crippen molar-refractivity contribution in [3.8, 4) is 0 Å². The third kappa shape index (κ3) is 13.6. The molecule has 0 amide bonds. The fourth-order valence-electron chi connectivity index (χ4n) is 0. The van der Waals surface area contributed by atoms with Gasteiger partial charge in [-0.25, -0.2) is 0 Å². The predicted molar refractivity (Wildman–Crippen MR) is 14.0 cm³/mol. The van der Waals surface area contributed by atoms with Gasteiger partial charge in [-0.2, -0.15) is 0 Å². The molecule has 0 heterocycles. The summed E-state index contributed by atoms with van der Waals surface area (Å²) in [5.41, 5.74) is 0. The van der Waals surface area contributed by atoms with E-state index >= 15 is 0 Å². The largest absolute Gasteiger partial charge is 0.412 e. The maximum atomic E-state index is 0. The maximum Gasteiger partial charge on any atom is 0 e. The third-order valence-electron chi connectivity index (χ3n) is 0. The Morgan fingerprint density at radius 1 is 0.750 bits per heavy atom. The van der Waals surface area contributed by atoms with Gasteiger partial charge in [-0.05, 0) is 0 Å². The van der Waals surface area contributed by atoms with E-state index in [9.17, 15) is 0 Å². The van der Waals surface area contributed by atoms with Crippen molar-refractivity contribution in [1.29, 1.82) is 0 Å². The zero-order valence-corrected chi connectivity index (χ0v) is 5.74.